The minimum Gasteiger partial charge on any atom is -0.465 e. The molecule has 2 N–H and O–H groups in total. The average Bonchev–Trinajstić information content (AvgIpc) is 3.34. The van der Waals surface area contributed by atoms with Crippen molar-refractivity contribution in [1.82, 2.24) is 8.75 Å². The Morgan fingerprint density at radius 3 is 2.06 bits per heavy atom. The molecular formula is C26H34N4O3S2. The summed E-state index contributed by atoms with van der Waals surface area (Å²) < 4.78 is 15.5. The number of fused-ring (bicyclic) bond motifs is 2. The number of esters is 1. The largest absolute Gasteiger partial charge is 0.465 e. The van der Waals surface area contributed by atoms with Crippen molar-refractivity contribution in [3.05, 3.63) is 58.9 Å². The summed E-state index contributed by atoms with van der Waals surface area (Å²) in [6.45, 7) is 5.99. The predicted octanol–water partition coefficient (Wildman–Crippen LogP) is 6.53. The van der Waals surface area contributed by atoms with E-state index in [2.05, 4.69) is 33.0 Å². The summed E-state index contributed by atoms with van der Waals surface area (Å²) in [5.41, 5.74) is 3.70. The van der Waals surface area contributed by atoms with Gasteiger partial charge in [0.15, 0.2) is 5.92 Å². The van der Waals surface area contributed by atoms with Gasteiger partial charge in [0.2, 0.25) is 0 Å². The number of nitriles is 2. The Morgan fingerprint density at radius 2 is 1.51 bits per heavy atom. The number of hydrogen-bond acceptors (Lipinski definition) is 8. The van der Waals surface area contributed by atoms with Crippen molar-refractivity contribution in [1.29, 1.82) is 10.5 Å². The Bertz CT molecular complexity index is 1320. The van der Waals surface area contributed by atoms with Gasteiger partial charge in [-0.3, -0.25) is 4.79 Å². The first kappa shape index (κ1) is 33.8. The highest BCUT2D eigenvalue weighted by Crippen LogP contribution is 2.29. The first-order valence-electron chi connectivity index (χ1n) is 9.62. The Labute approximate surface area is 216 Å². The molecule has 0 fully saturated rings. The molecule has 1 atom stereocenters. The van der Waals surface area contributed by atoms with E-state index in [0.717, 1.165) is 31.4 Å². The average molecular weight is 515 g/mol. The zero-order valence-corrected chi connectivity index (χ0v) is 19.5. The van der Waals surface area contributed by atoms with E-state index in [0.29, 0.717) is 12.1 Å². The summed E-state index contributed by atoms with van der Waals surface area (Å²) in [4.78, 5) is 11.7. The number of carbonyl (C=O) groups is 1. The topological polar surface area (TPSA) is 131 Å². The number of hydrogen-bond donors (Lipinski definition) is 0. The third kappa shape index (κ3) is 7.83. The maximum Gasteiger partial charge on any atom is 0.329 e. The van der Waals surface area contributed by atoms with E-state index >= 15 is 0 Å². The standard InChI is InChI=1S/C13H12N2O2S.C10H8N2S.3CH4.H2O/c1-3-17-13(16)10(7-14)12-9-6-8(2)4-5-11(9)18-15-12;1-7-2-3-10-8(6-7)9(4-5-11)12-13-10;;;;/h4-6,10H,3H2,1-2H3;2-3,6H,4H2,1H3;3*1H4;1H2. The van der Waals surface area contributed by atoms with Gasteiger partial charge >= 0.3 is 5.97 Å². The minimum absolute atomic E-state index is 0. The lowest BCUT2D eigenvalue weighted by Crippen LogP contribution is -2.14. The van der Waals surface area contributed by atoms with Crippen molar-refractivity contribution in [2.45, 2.75) is 55.4 Å². The zero-order valence-electron chi connectivity index (χ0n) is 17.9. The molecule has 188 valence electrons. The lowest BCUT2D eigenvalue weighted by Gasteiger charge is -2.06. The lowest BCUT2D eigenvalue weighted by atomic mass is 10.0. The van der Waals surface area contributed by atoms with E-state index in [1.807, 2.05) is 38.1 Å². The van der Waals surface area contributed by atoms with E-state index in [9.17, 15) is 4.79 Å². The van der Waals surface area contributed by atoms with Gasteiger partial charge in [-0.2, -0.15) is 19.3 Å². The summed E-state index contributed by atoms with van der Waals surface area (Å²) in [7, 11) is 0. The quantitative estimate of drug-likeness (QED) is 0.284. The highest BCUT2D eigenvalue weighted by Gasteiger charge is 2.26. The molecule has 2 heterocycles. The molecule has 2 aromatic heterocycles. The number of ether oxygens (including phenoxy) is 1. The van der Waals surface area contributed by atoms with E-state index < -0.39 is 11.9 Å². The van der Waals surface area contributed by atoms with Crippen LogP contribution in [-0.2, 0) is 16.0 Å². The van der Waals surface area contributed by atoms with Gasteiger partial charge in [-0.25, -0.2) is 0 Å². The number of aryl methyl sites for hydroxylation is 2. The first-order chi connectivity index (χ1) is 15.0. The molecule has 0 saturated carbocycles. The molecule has 35 heavy (non-hydrogen) atoms. The molecule has 0 spiro atoms. The lowest BCUT2D eigenvalue weighted by molar-refractivity contribution is -0.143. The Morgan fingerprint density at radius 1 is 0.971 bits per heavy atom. The molecule has 0 radical (unpaired) electrons. The summed E-state index contributed by atoms with van der Waals surface area (Å²) >= 11 is 2.75. The molecule has 4 rings (SSSR count). The van der Waals surface area contributed by atoms with Crippen LogP contribution in [0.5, 0.6) is 0 Å². The highest BCUT2D eigenvalue weighted by molar-refractivity contribution is 7.13. The van der Waals surface area contributed by atoms with E-state index in [1.165, 1.54) is 28.6 Å². The molecule has 0 aliphatic rings. The van der Waals surface area contributed by atoms with Gasteiger partial charge in [-0.15, -0.1) is 0 Å². The van der Waals surface area contributed by atoms with E-state index in [1.54, 1.807) is 6.92 Å². The monoisotopic (exact) mass is 514 g/mol. The Kier molecular flexibility index (Phi) is 15.0. The van der Waals surface area contributed by atoms with Crippen LogP contribution in [0.15, 0.2) is 36.4 Å². The SMILES string of the molecule is C.C.C.CCOC(=O)C(C#N)c1nsc2ccc(C)cc12.Cc1ccc2snc(CC#N)c2c1.O. The van der Waals surface area contributed by atoms with Crippen molar-refractivity contribution in [2.75, 3.05) is 6.61 Å². The summed E-state index contributed by atoms with van der Waals surface area (Å²) in [6.07, 6.45) is 0.406. The highest BCUT2D eigenvalue weighted by atomic mass is 32.1. The fourth-order valence-electron chi connectivity index (χ4n) is 3.04. The molecule has 1 unspecified atom stereocenters. The van der Waals surface area contributed by atoms with E-state index in [4.69, 9.17) is 15.3 Å². The van der Waals surface area contributed by atoms with Crippen LogP contribution in [0.1, 0.15) is 57.6 Å². The van der Waals surface area contributed by atoms with Gasteiger partial charge in [-0.1, -0.05) is 45.5 Å². The smallest absolute Gasteiger partial charge is 0.329 e. The number of rotatable bonds is 4. The summed E-state index contributed by atoms with van der Waals surface area (Å²) in [6, 6.07) is 16.2. The van der Waals surface area contributed by atoms with Crippen LogP contribution in [0.25, 0.3) is 20.2 Å². The molecule has 2 aromatic carbocycles. The maximum atomic E-state index is 11.7. The summed E-state index contributed by atoms with van der Waals surface area (Å²) in [5, 5.41) is 19.7. The Hall–Kier alpha value is -3.37. The van der Waals surface area contributed by atoms with Crippen LogP contribution in [0.3, 0.4) is 0 Å². The van der Waals surface area contributed by atoms with Crippen LogP contribution in [0, 0.1) is 36.5 Å². The minimum atomic E-state index is -0.944. The summed E-state index contributed by atoms with van der Waals surface area (Å²) in [5.74, 6) is -1.48. The van der Waals surface area contributed by atoms with Gasteiger partial charge in [0.1, 0.15) is 0 Å². The Balaban J connectivity index is 0. The third-order valence-electron chi connectivity index (χ3n) is 4.52. The number of benzene rings is 2. The molecule has 0 aliphatic carbocycles. The van der Waals surface area contributed by atoms with Gasteiger partial charge in [0.25, 0.3) is 0 Å². The van der Waals surface area contributed by atoms with Gasteiger partial charge in [-0.05, 0) is 68.1 Å². The predicted molar refractivity (Wildman–Crippen MR) is 147 cm³/mol. The molecule has 0 saturated heterocycles. The zero-order chi connectivity index (χ0) is 22.4. The number of nitrogens with zero attached hydrogens (tertiary/aromatic N) is 4. The number of aromatic nitrogens is 2. The van der Waals surface area contributed by atoms with Crippen LogP contribution < -0.4 is 0 Å². The van der Waals surface area contributed by atoms with Crippen LogP contribution >= 0.6 is 23.1 Å². The molecule has 7 nitrogen and oxygen atoms in total. The molecule has 4 aromatic rings. The van der Waals surface area contributed by atoms with Crippen LogP contribution in [0.2, 0.25) is 0 Å². The second-order valence-electron chi connectivity index (χ2n) is 6.85. The van der Waals surface area contributed by atoms with Crippen molar-refractivity contribution < 1.29 is 15.0 Å². The number of carbonyl (C=O) groups excluding carboxylic acids is 1. The van der Waals surface area contributed by atoms with Crippen LogP contribution in [-0.4, -0.2) is 26.8 Å². The first-order valence-corrected chi connectivity index (χ1v) is 11.2. The second-order valence-corrected chi connectivity index (χ2v) is 8.46. The van der Waals surface area contributed by atoms with E-state index in [-0.39, 0.29) is 34.4 Å². The van der Waals surface area contributed by atoms with Crippen molar-refractivity contribution in [3.63, 3.8) is 0 Å². The second kappa shape index (κ2) is 15.5. The maximum absolute atomic E-state index is 11.7. The molecular weight excluding hydrogens is 480 g/mol. The fourth-order valence-corrected chi connectivity index (χ4v) is 4.60. The van der Waals surface area contributed by atoms with Crippen molar-refractivity contribution >= 4 is 49.2 Å². The normalized spacial score (nSPS) is 9.97. The van der Waals surface area contributed by atoms with Gasteiger partial charge in [0.05, 0.1) is 46.0 Å². The molecule has 9 heteroatoms. The fraction of sp³-hybridized carbons (Fsp3) is 0.346. The molecule has 0 bridgehead atoms. The molecule has 0 amide bonds. The molecule has 0 aliphatic heterocycles. The van der Waals surface area contributed by atoms with Crippen molar-refractivity contribution in [2.24, 2.45) is 0 Å². The van der Waals surface area contributed by atoms with Crippen LogP contribution in [0.4, 0.5) is 0 Å². The van der Waals surface area contributed by atoms with Crippen molar-refractivity contribution in [3.8, 4) is 12.1 Å². The third-order valence-corrected chi connectivity index (χ3v) is 6.23. The van der Waals surface area contributed by atoms with Gasteiger partial charge in [0, 0.05) is 10.8 Å². The van der Waals surface area contributed by atoms with Gasteiger partial charge < -0.3 is 10.2 Å².